The number of methoxy groups -OCH3 is 1. The summed E-state index contributed by atoms with van der Waals surface area (Å²) in [7, 11) is 1.40. The second kappa shape index (κ2) is 7.11. The molecule has 0 N–H and O–H groups in total. The largest absolute Gasteiger partial charge is 0.469 e. The standard InChI is InChI=1S/C16H21NO4/c1-12-10-14(15(18)20-2)8-9-17(12)16(19)21-11-13-6-4-3-5-7-13/h3-7,12,14H,8-11H2,1-2H3/t12-,14?/m1/s1. The number of likely N-dealkylation sites (tertiary alicyclic amines) is 1. The molecule has 1 amide bonds. The lowest BCUT2D eigenvalue weighted by atomic mass is 9.92. The molecule has 2 atom stereocenters. The van der Waals surface area contributed by atoms with Crippen LogP contribution in [0.4, 0.5) is 4.79 Å². The summed E-state index contributed by atoms with van der Waals surface area (Å²) in [4.78, 5) is 25.3. The Hall–Kier alpha value is -2.04. The van der Waals surface area contributed by atoms with Crippen molar-refractivity contribution in [2.24, 2.45) is 5.92 Å². The minimum Gasteiger partial charge on any atom is -0.469 e. The van der Waals surface area contributed by atoms with Gasteiger partial charge in [0.25, 0.3) is 0 Å². The number of hydrogen-bond donors (Lipinski definition) is 0. The van der Waals surface area contributed by atoms with E-state index < -0.39 is 0 Å². The first kappa shape index (κ1) is 15.4. The Morgan fingerprint density at radius 2 is 2.00 bits per heavy atom. The molecule has 0 saturated carbocycles. The minimum absolute atomic E-state index is 0.0221. The maximum Gasteiger partial charge on any atom is 0.410 e. The Morgan fingerprint density at radius 1 is 1.29 bits per heavy atom. The smallest absolute Gasteiger partial charge is 0.410 e. The van der Waals surface area contributed by atoms with Gasteiger partial charge in [0.2, 0.25) is 0 Å². The summed E-state index contributed by atoms with van der Waals surface area (Å²) in [5.41, 5.74) is 0.961. The molecule has 1 aromatic carbocycles. The summed E-state index contributed by atoms with van der Waals surface area (Å²) in [6.45, 7) is 2.72. The first-order valence-electron chi connectivity index (χ1n) is 7.17. The SMILES string of the molecule is COC(=O)C1CCN(C(=O)OCc2ccccc2)[C@H](C)C1. The zero-order chi connectivity index (χ0) is 15.2. The van der Waals surface area contributed by atoms with Crippen LogP contribution in [0.3, 0.4) is 0 Å². The zero-order valence-corrected chi connectivity index (χ0v) is 12.5. The monoisotopic (exact) mass is 291 g/mol. The number of hydrogen-bond acceptors (Lipinski definition) is 4. The van der Waals surface area contributed by atoms with E-state index in [0.29, 0.717) is 19.4 Å². The fourth-order valence-corrected chi connectivity index (χ4v) is 2.63. The van der Waals surface area contributed by atoms with Crippen LogP contribution in [0.2, 0.25) is 0 Å². The molecule has 1 heterocycles. The molecule has 0 aromatic heterocycles. The third kappa shape index (κ3) is 3.97. The van der Waals surface area contributed by atoms with Crippen LogP contribution >= 0.6 is 0 Å². The van der Waals surface area contributed by atoms with E-state index in [1.54, 1.807) is 4.90 Å². The highest BCUT2D eigenvalue weighted by Gasteiger charge is 2.33. The van der Waals surface area contributed by atoms with Gasteiger partial charge < -0.3 is 14.4 Å². The second-order valence-corrected chi connectivity index (χ2v) is 5.33. The van der Waals surface area contributed by atoms with Crippen molar-refractivity contribution in [2.45, 2.75) is 32.4 Å². The lowest BCUT2D eigenvalue weighted by Gasteiger charge is -2.35. The van der Waals surface area contributed by atoms with E-state index in [2.05, 4.69) is 0 Å². The number of piperidine rings is 1. The lowest BCUT2D eigenvalue weighted by molar-refractivity contribution is -0.147. The van der Waals surface area contributed by atoms with E-state index >= 15 is 0 Å². The third-order valence-corrected chi connectivity index (χ3v) is 3.85. The Labute approximate surface area is 124 Å². The average Bonchev–Trinajstić information content (AvgIpc) is 2.52. The highest BCUT2D eigenvalue weighted by atomic mass is 16.6. The van der Waals surface area contributed by atoms with Crippen molar-refractivity contribution in [3.63, 3.8) is 0 Å². The summed E-state index contributed by atoms with van der Waals surface area (Å²) in [5, 5.41) is 0. The molecule has 5 heteroatoms. The molecule has 0 radical (unpaired) electrons. The predicted molar refractivity (Wildman–Crippen MR) is 77.5 cm³/mol. The number of benzene rings is 1. The molecular formula is C16H21NO4. The van der Waals surface area contributed by atoms with E-state index in [0.717, 1.165) is 5.56 Å². The van der Waals surface area contributed by atoms with Crippen LogP contribution in [-0.4, -0.2) is 36.7 Å². The van der Waals surface area contributed by atoms with Gasteiger partial charge in [0, 0.05) is 12.6 Å². The predicted octanol–water partition coefficient (Wildman–Crippen LogP) is 2.60. The Morgan fingerprint density at radius 3 is 2.62 bits per heavy atom. The van der Waals surface area contributed by atoms with Crippen LogP contribution in [-0.2, 0) is 20.9 Å². The number of esters is 1. The molecule has 5 nitrogen and oxygen atoms in total. The van der Waals surface area contributed by atoms with Gasteiger partial charge in [-0.25, -0.2) is 4.79 Å². The molecule has 1 aliphatic rings. The van der Waals surface area contributed by atoms with Crippen molar-refractivity contribution >= 4 is 12.1 Å². The molecule has 2 rings (SSSR count). The second-order valence-electron chi connectivity index (χ2n) is 5.33. The Kier molecular flexibility index (Phi) is 5.20. The summed E-state index contributed by atoms with van der Waals surface area (Å²) in [6.07, 6.45) is 0.916. The van der Waals surface area contributed by atoms with Gasteiger partial charge in [0.1, 0.15) is 6.61 Å². The Bertz CT molecular complexity index is 488. The van der Waals surface area contributed by atoms with Crippen molar-refractivity contribution in [2.75, 3.05) is 13.7 Å². The number of nitrogens with zero attached hydrogens (tertiary/aromatic N) is 1. The fourth-order valence-electron chi connectivity index (χ4n) is 2.63. The van der Waals surface area contributed by atoms with Crippen molar-refractivity contribution in [3.8, 4) is 0 Å². The lowest BCUT2D eigenvalue weighted by Crippen LogP contribution is -2.46. The van der Waals surface area contributed by atoms with E-state index in [1.807, 2.05) is 37.3 Å². The van der Waals surface area contributed by atoms with Gasteiger partial charge in [-0.2, -0.15) is 0 Å². The minimum atomic E-state index is -0.324. The molecule has 0 bridgehead atoms. The molecule has 114 valence electrons. The first-order chi connectivity index (χ1) is 10.1. The van der Waals surface area contributed by atoms with Crippen LogP contribution in [0, 0.1) is 5.92 Å². The summed E-state index contributed by atoms with van der Waals surface area (Å²) < 4.78 is 10.1. The number of amides is 1. The van der Waals surface area contributed by atoms with Crippen LogP contribution in [0.25, 0.3) is 0 Å². The van der Waals surface area contributed by atoms with Gasteiger partial charge in [0.15, 0.2) is 0 Å². The van der Waals surface area contributed by atoms with Crippen molar-refractivity contribution in [1.82, 2.24) is 4.90 Å². The molecule has 0 aliphatic carbocycles. The van der Waals surface area contributed by atoms with Gasteiger partial charge in [-0.3, -0.25) is 4.79 Å². The topological polar surface area (TPSA) is 55.8 Å². The van der Waals surface area contributed by atoms with E-state index in [4.69, 9.17) is 9.47 Å². The fraction of sp³-hybridized carbons (Fsp3) is 0.500. The van der Waals surface area contributed by atoms with Gasteiger partial charge in [-0.05, 0) is 25.3 Å². The molecule has 1 aromatic rings. The highest BCUT2D eigenvalue weighted by molar-refractivity contribution is 5.73. The average molecular weight is 291 g/mol. The van der Waals surface area contributed by atoms with Gasteiger partial charge in [-0.15, -0.1) is 0 Å². The molecule has 1 saturated heterocycles. The van der Waals surface area contributed by atoms with Gasteiger partial charge >= 0.3 is 12.1 Å². The number of carbonyl (C=O) groups excluding carboxylic acids is 2. The summed E-state index contributed by atoms with van der Waals surface area (Å²) in [5.74, 6) is -0.317. The zero-order valence-electron chi connectivity index (χ0n) is 12.5. The number of rotatable bonds is 3. The van der Waals surface area contributed by atoms with Crippen molar-refractivity contribution in [1.29, 1.82) is 0 Å². The van der Waals surface area contributed by atoms with Gasteiger partial charge in [0.05, 0.1) is 13.0 Å². The highest BCUT2D eigenvalue weighted by Crippen LogP contribution is 2.24. The Balaban J connectivity index is 1.85. The molecule has 1 aliphatic heterocycles. The maximum atomic E-state index is 12.1. The summed E-state index contributed by atoms with van der Waals surface area (Å²) in [6, 6.07) is 9.55. The molecule has 21 heavy (non-hydrogen) atoms. The molecular weight excluding hydrogens is 270 g/mol. The van der Waals surface area contributed by atoms with Crippen molar-refractivity contribution in [3.05, 3.63) is 35.9 Å². The first-order valence-corrected chi connectivity index (χ1v) is 7.17. The van der Waals surface area contributed by atoms with Crippen LogP contribution in [0.15, 0.2) is 30.3 Å². The summed E-state index contributed by atoms with van der Waals surface area (Å²) >= 11 is 0. The van der Waals surface area contributed by atoms with Crippen molar-refractivity contribution < 1.29 is 19.1 Å². The maximum absolute atomic E-state index is 12.1. The molecule has 1 unspecified atom stereocenters. The third-order valence-electron chi connectivity index (χ3n) is 3.85. The van der Waals surface area contributed by atoms with E-state index in [-0.39, 0.29) is 30.6 Å². The quantitative estimate of drug-likeness (QED) is 0.803. The molecule has 1 fully saturated rings. The van der Waals surface area contributed by atoms with E-state index in [9.17, 15) is 9.59 Å². The van der Waals surface area contributed by atoms with Crippen LogP contribution in [0.1, 0.15) is 25.3 Å². The molecule has 0 spiro atoms. The number of ether oxygens (including phenoxy) is 2. The normalized spacial score (nSPS) is 21.7. The van der Waals surface area contributed by atoms with E-state index in [1.165, 1.54) is 7.11 Å². The number of carbonyl (C=O) groups is 2. The van der Waals surface area contributed by atoms with Crippen LogP contribution < -0.4 is 0 Å². The van der Waals surface area contributed by atoms with Crippen LogP contribution in [0.5, 0.6) is 0 Å². The van der Waals surface area contributed by atoms with Gasteiger partial charge in [-0.1, -0.05) is 30.3 Å².